The van der Waals surface area contributed by atoms with Crippen LogP contribution in [0.1, 0.15) is 48.0 Å². The first-order valence-corrected chi connectivity index (χ1v) is 6.03. The zero-order chi connectivity index (χ0) is 13.3. The maximum absolute atomic E-state index is 8.91. The molecule has 1 heterocycles. The van der Waals surface area contributed by atoms with E-state index < -0.39 is 0 Å². The molecule has 0 N–H and O–H groups in total. The number of rotatable bonds is 3. The Hall–Kier alpha value is -0.785. The van der Waals surface area contributed by atoms with Gasteiger partial charge in [0, 0.05) is 0 Å². The third-order valence-corrected chi connectivity index (χ3v) is 3.50. The lowest BCUT2D eigenvalue weighted by Crippen LogP contribution is -2.41. The molecule has 17 heavy (non-hydrogen) atoms. The van der Waals surface area contributed by atoms with E-state index >= 15 is 0 Å². The molecule has 1 fully saturated rings. The molecule has 0 bridgehead atoms. The van der Waals surface area contributed by atoms with Crippen LogP contribution in [-0.4, -0.2) is 18.3 Å². The molecular weight excluding hydrogens is 213 g/mol. The zero-order valence-electron chi connectivity index (χ0n) is 11.7. The van der Waals surface area contributed by atoms with Gasteiger partial charge >= 0.3 is 7.12 Å². The number of hydrogen-bond acceptors (Lipinski definition) is 3. The fourth-order valence-electron chi connectivity index (χ4n) is 1.49. The molecule has 0 amide bonds. The summed E-state index contributed by atoms with van der Waals surface area (Å²) in [4.78, 5) is 0. The zero-order valence-corrected chi connectivity index (χ0v) is 11.7. The van der Waals surface area contributed by atoms with Gasteiger partial charge in [0.15, 0.2) is 0 Å². The molecule has 4 heteroatoms. The number of hydrogen-bond donors (Lipinski definition) is 0. The van der Waals surface area contributed by atoms with Crippen LogP contribution in [0.15, 0.2) is 12.1 Å². The van der Waals surface area contributed by atoms with Gasteiger partial charge in [-0.2, -0.15) is 5.26 Å². The normalized spacial score (nSPS) is 23.0. The van der Waals surface area contributed by atoms with Crippen molar-refractivity contribution in [3.63, 3.8) is 0 Å². The predicted octanol–water partition coefficient (Wildman–Crippen LogP) is 3.11. The highest BCUT2D eigenvalue weighted by Crippen LogP contribution is 2.37. The SMILES string of the molecule is CC(C)(C#N)C/C=C/B1OC(C)(C)C(C)(C)O1. The predicted molar refractivity (Wildman–Crippen MR) is 69.2 cm³/mol. The average Bonchev–Trinajstić information content (AvgIpc) is 2.35. The van der Waals surface area contributed by atoms with Crippen LogP contribution in [0, 0.1) is 16.7 Å². The van der Waals surface area contributed by atoms with Gasteiger partial charge in [-0.15, -0.1) is 0 Å². The van der Waals surface area contributed by atoms with Gasteiger partial charge < -0.3 is 9.31 Å². The van der Waals surface area contributed by atoms with Gasteiger partial charge in [-0.05, 0) is 48.0 Å². The van der Waals surface area contributed by atoms with Crippen LogP contribution < -0.4 is 0 Å². The summed E-state index contributed by atoms with van der Waals surface area (Å²) in [5, 5.41) is 8.91. The molecule has 1 saturated heterocycles. The highest BCUT2D eigenvalue weighted by atomic mass is 16.7. The van der Waals surface area contributed by atoms with Gasteiger partial charge in [0.25, 0.3) is 0 Å². The number of nitrogens with zero attached hydrogens (tertiary/aromatic N) is 1. The molecular formula is C13H22BNO2. The molecule has 0 saturated carbocycles. The minimum absolute atomic E-state index is 0.299. The summed E-state index contributed by atoms with van der Waals surface area (Å²) < 4.78 is 11.6. The second kappa shape index (κ2) is 4.47. The molecule has 1 rings (SSSR count). The van der Waals surface area contributed by atoms with E-state index in [0.717, 1.165) is 0 Å². The smallest absolute Gasteiger partial charge is 0.400 e. The van der Waals surface area contributed by atoms with Crippen molar-refractivity contribution in [2.75, 3.05) is 0 Å². The van der Waals surface area contributed by atoms with E-state index in [1.165, 1.54) is 0 Å². The monoisotopic (exact) mass is 235 g/mol. The lowest BCUT2D eigenvalue weighted by atomic mass is 9.85. The molecule has 1 aliphatic heterocycles. The first-order valence-electron chi connectivity index (χ1n) is 6.03. The van der Waals surface area contributed by atoms with Crippen LogP contribution in [0.2, 0.25) is 0 Å². The minimum atomic E-state index is -0.333. The molecule has 0 radical (unpaired) electrons. The average molecular weight is 235 g/mol. The van der Waals surface area contributed by atoms with E-state index in [9.17, 15) is 0 Å². The summed E-state index contributed by atoms with van der Waals surface area (Å²) >= 11 is 0. The molecule has 0 unspecified atom stereocenters. The molecule has 0 aliphatic carbocycles. The largest absolute Gasteiger partial charge is 0.486 e. The topological polar surface area (TPSA) is 42.2 Å². The number of nitriles is 1. The Morgan fingerprint density at radius 2 is 1.65 bits per heavy atom. The summed E-state index contributed by atoms with van der Waals surface area (Å²) in [5.74, 6) is 1.90. The quantitative estimate of drug-likeness (QED) is 0.706. The Bertz CT molecular complexity index is 337. The van der Waals surface area contributed by atoms with E-state index in [2.05, 4.69) is 6.07 Å². The van der Waals surface area contributed by atoms with Crippen molar-refractivity contribution in [3.05, 3.63) is 12.1 Å². The molecule has 0 atom stereocenters. The molecule has 0 spiro atoms. The van der Waals surface area contributed by atoms with E-state index in [4.69, 9.17) is 14.6 Å². The maximum Gasteiger partial charge on any atom is 0.486 e. The van der Waals surface area contributed by atoms with Crippen molar-refractivity contribution < 1.29 is 9.31 Å². The fourth-order valence-corrected chi connectivity index (χ4v) is 1.49. The summed E-state index contributed by atoms with van der Waals surface area (Å²) in [6.45, 7) is 11.9. The van der Waals surface area contributed by atoms with E-state index in [1.807, 2.05) is 53.6 Å². The summed E-state index contributed by atoms with van der Waals surface area (Å²) in [5.41, 5.74) is -0.931. The van der Waals surface area contributed by atoms with Crippen LogP contribution in [0.5, 0.6) is 0 Å². The molecule has 0 aromatic carbocycles. The Labute approximate surface area is 105 Å². The van der Waals surface area contributed by atoms with Gasteiger partial charge in [0.1, 0.15) is 0 Å². The van der Waals surface area contributed by atoms with Crippen molar-refractivity contribution in [1.82, 2.24) is 0 Å². The lowest BCUT2D eigenvalue weighted by molar-refractivity contribution is 0.00578. The van der Waals surface area contributed by atoms with Gasteiger partial charge in [0.05, 0.1) is 22.7 Å². The first-order chi connectivity index (χ1) is 7.60. The molecule has 94 valence electrons. The van der Waals surface area contributed by atoms with E-state index in [1.54, 1.807) is 0 Å². The van der Waals surface area contributed by atoms with Crippen molar-refractivity contribution in [3.8, 4) is 6.07 Å². The van der Waals surface area contributed by atoms with Gasteiger partial charge in [-0.1, -0.05) is 12.1 Å². The number of allylic oxidation sites excluding steroid dienone is 1. The summed E-state index contributed by atoms with van der Waals surface area (Å²) in [6, 6.07) is 2.27. The fraction of sp³-hybridized carbons (Fsp3) is 0.769. The molecule has 1 aliphatic rings. The third-order valence-electron chi connectivity index (χ3n) is 3.50. The van der Waals surface area contributed by atoms with Crippen molar-refractivity contribution in [1.29, 1.82) is 5.26 Å². The van der Waals surface area contributed by atoms with Gasteiger partial charge in [0.2, 0.25) is 0 Å². The van der Waals surface area contributed by atoms with Crippen molar-refractivity contribution in [2.24, 2.45) is 5.41 Å². The van der Waals surface area contributed by atoms with Crippen molar-refractivity contribution >= 4 is 7.12 Å². The Morgan fingerprint density at radius 3 is 2.06 bits per heavy atom. The van der Waals surface area contributed by atoms with Crippen LogP contribution in [-0.2, 0) is 9.31 Å². The summed E-state index contributed by atoms with van der Waals surface area (Å²) in [6.07, 6.45) is 2.67. The highest BCUT2D eigenvalue weighted by Gasteiger charge is 2.49. The van der Waals surface area contributed by atoms with Crippen LogP contribution >= 0.6 is 0 Å². The second-order valence-corrected chi connectivity index (χ2v) is 6.25. The Balaban J connectivity index is 2.58. The first kappa shape index (κ1) is 14.3. The van der Waals surface area contributed by atoms with Crippen LogP contribution in [0.25, 0.3) is 0 Å². The standard InChI is InChI=1S/C13H22BNO2/c1-11(2,10-15)8-7-9-14-16-12(3,4)13(5,6)17-14/h7,9H,8H2,1-6H3/b9-7+. The maximum atomic E-state index is 8.91. The second-order valence-electron chi connectivity index (χ2n) is 6.25. The van der Waals surface area contributed by atoms with Crippen LogP contribution in [0.3, 0.4) is 0 Å². The molecule has 0 aromatic rings. The van der Waals surface area contributed by atoms with E-state index in [0.29, 0.717) is 6.42 Å². The molecule has 3 nitrogen and oxygen atoms in total. The van der Waals surface area contributed by atoms with Gasteiger partial charge in [-0.25, -0.2) is 0 Å². The Morgan fingerprint density at radius 1 is 1.18 bits per heavy atom. The van der Waals surface area contributed by atoms with Crippen LogP contribution in [0.4, 0.5) is 0 Å². The Kier molecular flexibility index (Phi) is 3.76. The van der Waals surface area contributed by atoms with Gasteiger partial charge in [-0.3, -0.25) is 0 Å². The summed E-state index contributed by atoms with van der Waals surface area (Å²) in [7, 11) is -0.311. The highest BCUT2D eigenvalue weighted by molar-refractivity contribution is 6.51. The molecule has 0 aromatic heterocycles. The van der Waals surface area contributed by atoms with Crippen molar-refractivity contribution in [2.45, 2.75) is 59.2 Å². The minimum Gasteiger partial charge on any atom is -0.400 e. The lowest BCUT2D eigenvalue weighted by Gasteiger charge is -2.32. The van der Waals surface area contributed by atoms with E-state index in [-0.39, 0.29) is 23.7 Å². The third kappa shape index (κ3) is 3.34.